The summed E-state index contributed by atoms with van der Waals surface area (Å²) >= 11 is 24.6. The first-order chi connectivity index (χ1) is 13.9. The lowest BCUT2D eigenvalue weighted by Gasteiger charge is -2.05. The molecule has 0 unspecified atom stereocenters. The van der Waals surface area contributed by atoms with E-state index in [9.17, 15) is 4.79 Å². The molecule has 0 aliphatic rings. The summed E-state index contributed by atoms with van der Waals surface area (Å²) in [5.74, 6) is 0.0870. The quantitative estimate of drug-likeness (QED) is 0.320. The Labute approximate surface area is 189 Å². The maximum atomic E-state index is 12.4. The van der Waals surface area contributed by atoms with Crippen molar-refractivity contribution in [3.8, 4) is 11.3 Å². The molecule has 0 aliphatic heterocycles. The Morgan fingerprint density at radius 2 is 1.86 bits per heavy atom. The molecule has 10 heteroatoms. The van der Waals surface area contributed by atoms with Crippen LogP contribution in [-0.2, 0) is 0 Å². The summed E-state index contributed by atoms with van der Waals surface area (Å²) in [6.07, 6.45) is 0. The minimum absolute atomic E-state index is 0.0951. The number of halogens is 3. The second kappa shape index (κ2) is 8.30. The van der Waals surface area contributed by atoms with E-state index in [0.29, 0.717) is 37.0 Å². The van der Waals surface area contributed by atoms with Crippen molar-refractivity contribution in [3.63, 3.8) is 0 Å². The first kappa shape index (κ1) is 20.1. The smallest absolute Gasteiger partial charge is 0.293 e. The van der Waals surface area contributed by atoms with Gasteiger partial charge in [-0.2, -0.15) is 0 Å². The number of aromatic nitrogens is 1. The summed E-state index contributed by atoms with van der Waals surface area (Å²) in [5.41, 5.74) is 1.37. The van der Waals surface area contributed by atoms with Gasteiger partial charge in [0.05, 0.1) is 19.8 Å². The van der Waals surface area contributed by atoms with Gasteiger partial charge in [-0.3, -0.25) is 10.1 Å². The molecule has 0 aliphatic carbocycles. The van der Waals surface area contributed by atoms with Gasteiger partial charge in [0.2, 0.25) is 0 Å². The van der Waals surface area contributed by atoms with Gasteiger partial charge in [-0.05, 0) is 54.7 Å². The molecule has 0 radical (unpaired) electrons. The molecular weight excluding hydrogens is 473 g/mol. The van der Waals surface area contributed by atoms with Gasteiger partial charge in [0.25, 0.3) is 5.91 Å². The normalized spacial score (nSPS) is 10.9. The van der Waals surface area contributed by atoms with E-state index in [2.05, 4.69) is 15.6 Å². The molecule has 0 bridgehead atoms. The lowest BCUT2D eigenvalue weighted by Crippen LogP contribution is -2.33. The standard InChI is InChI=1S/C19H10Cl3N3O2S2/c20-10-5-4-9(8-12(10)22)13-6-7-14(27-13)17(26)24-18(28)25-19-23-16-11(21)2-1-3-15(16)29-19/h1-8H,(H2,23,24,25,26,28). The molecular formula is C19H10Cl3N3O2S2. The molecule has 4 aromatic rings. The Hall–Kier alpha value is -2.16. The average Bonchev–Trinajstić information content (AvgIpc) is 3.31. The number of thiazole rings is 1. The number of furan rings is 1. The minimum atomic E-state index is -0.493. The molecule has 5 nitrogen and oxygen atoms in total. The predicted octanol–water partition coefficient (Wildman–Crippen LogP) is 6.64. The second-order valence-corrected chi connectivity index (χ2v) is 8.47. The number of benzene rings is 2. The molecule has 2 aromatic heterocycles. The molecule has 1 amide bonds. The molecule has 29 heavy (non-hydrogen) atoms. The number of thiocarbonyl (C=S) groups is 1. The van der Waals surface area contributed by atoms with Crippen molar-refractivity contribution >= 4 is 84.7 Å². The summed E-state index contributed by atoms with van der Waals surface area (Å²) in [6.45, 7) is 0. The molecule has 0 fully saturated rings. The molecule has 2 heterocycles. The zero-order valence-corrected chi connectivity index (χ0v) is 18.2. The summed E-state index contributed by atoms with van der Waals surface area (Å²) in [4.78, 5) is 16.8. The topological polar surface area (TPSA) is 67.2 Å². The molecule has 2 N–H and O–H groups in total. The zero-order chi connectivity index (χ0) is 20.5. The lowest BCUT2D eigenvalue weighted by atomic mass is 10.2. The van der Waals surface area contributed by atoms with Gasteiger partial charge in [-0.25, -0.2) is 4.98 Å². The highest BCUT2D eigenvalue weighted by atomic mass is 35.5. The van der Waals surface area contributed by atoms with E-state index in [4.69, 9.17) is 51.4 Å². The summed E-state index contributed by atoms with van der Waals surface area (Å²) in [6, 6.07) is 13.8. The molecule has 0 spiro atoms. The number of hydrogen-bond donors (Lipinski definition) is 2. The van der Waals surface area contributed by atoms with E-state index in [0.717, 1.165) is 4.70 Å². The Balaban J connectivity index is 1.44. The van der Waals surface area contributed by atoms with Crippen LogP contribution in [0.2, 0.25) is 15.1 Å². The summed E-state index contributed by atoms with van der Waals surface area (Å²) in [5, 5.41) is 7.45. The molecule has 4 rings (SSSR count). The van der Waals surface area contributed by atoms with Gasteiger partial charge in [0.15, 0.2) is 16.0 Å². The van der Waals surface area contributed by atoms with Crippen LogP contribution >= 0.6 is 58.4 Å². The van der Waals surface area contributed by atoms with Crippen LogP contribution in [0.3, 0.4) is 0 Å². The maximum Gasteiger partial charge on any atom is 0.293 e. The largest absolute Gasteiger partial charge is 0.451 e. The third-order valence-electron chi connectivity index (χ3n) is 3.85. The van der Waals surface area contributed by atoms with E-state index in [1.807, 2.05) is 12.1 Å². The summed E-state index contributed by atoms with van der Waals surface area (Å²) < 4.78 is 6.52. The Bertz CT molecular complexity index is 1250. The Morgan fingerprint density at radius 1 is 1.03 bits per heavy atom. The third-order valence-corrected chi connectivity index (χ3v) is 6.04. The monoisotopic (exact) mass is 481 g/mol. The van der Waals surface area contributed by atoms with Gasteiger partial charge < -0.3 is 9.73 Å². The van der Waals surface area contributed by atoms with Crippen molar-refractivity contribution in [2.24, 2.45) is 0 Å². The van der Waals surface area contributed by atoms with Crippen molar-refractivity contribution < 1.29 is 9.21 Å². The van der Waals surface area contributed by atoms with Crippen molar-refractivity contribution in [3.05, 3.63) is 69.4 Å². The summed E-state index contributed by atoms with van der Waals surface area (Å²) in [7, 11) is 0. The van der Waals surface area contributed by atoms with Gasteiger partial charge in [-0.15, -0.1) is 0 Å². The fourth-order valence-corrected chi connectivity index (χ4v) is 4.25. The number of fused-ring (bicyclic) bond motifs is 1. The van der Waals surface area contributed by atoms with Gasteiger partial charge in [0.1, 0.15) is 11.3 Å². The van der Waals surface area contributed by atoms with Gasteiger partial charge >= 0.3 is 0 Å². The first-order valence-corrected chi connectivity index (χ1v) is 10.5. The number of rotatable bonds is 3. The van der Waals surface area contributed by atoms with Crippen molar-refractivity contribution in [2.75, 3.05) is 5.32 Å². The van der Waals surface area contributed by atoms with Crippen LogP contribution in [0.1, 0.15) is 10.6 Å². The fraction of sp³-hybridized carbons (Fsp3) is 0. The molecule has 0 saturated carbocycles. The second-order valence-electron chi connectivity index (χ2n) is 5.81. The zero-order valence-electron chi connectivity index (χ0n) is 14.3. The number of para-hydroxylation sites is 1. The fourth-order valence-electron chi connectivity index (χ4n) is 2.53. The molecule has 146 valence electrons. The minimum Gasteiger partial charge on any atom is -0.451 e. The van der Waals surface area contributed by atoms with Crippen LogP contribution in [0.15, 0.2) is 52.9 Å². The maximum absolute atomic E-state index is 12.4. The number of nitrogens with zero attached hydrogens (tertiary/aromatic N) is 1. The highest BCUT2D eigenvalue weighted by molar-refractivity contribution is 7.80. The number of carbonyl (C=O) groups excluding carboxylic acids is 1. The predicted molar refractivity (Wildman–Crippen MR) is 122 cm³/mol. The van der Waals surface area contributed by atoms with E-state index in [-0.39, 0.29) is 10.9 Å². The third kappa shape index (κ3) is 4.39. The van der Waals surface area contributed by atoms with Crippen LogP contribution < -0.4 is 10.6 Å². The van der Waals surface area contributed by atoms with Crippen LogP contribution in [0.5, 0.6) is 0 Å². The van der Waals surface area contributed by atoms with Crippen LogP contribution in [-0.4, -0.2) is 16.0 Å². The highest BCUT2D eigenvalue weighted by Gasteiger charge is 2.15. The number of anilines is 1. The van der Waals surface area contributed by atoms with E-state index in [1.54, 1.807) is 36.4 Å². The highest BCUT2D eigenvalue weighted by Crippen LogP contribution is 2.31. The van der Waals surface area contributed by atoms with E-state index < -0.39 is 5.91 Å². The number of nitrogens with one attached hydrogen (secondary N) is 2. The van der Waals surface area contributed by atoms with Crippen LogP contribution in [0.4, 0.5) is 5.13 Å². The number of amides is 1. The van der Waals surface area contributed by atoms with Crippen LogP contribution in [0, 0.1) is 0 Å². The lowest BCUT2D eigenvalue weighted by molar-refractivity contribution is 0.0951. The first-order valence-electron chi connectivity index (χ1n) is 8.13. The van der Waals surface area contributed by atoms with E-state index in [1.165, 1.54) is 11.3 Å². The molecule has 2 aromatic carbocycles. The Kier molecular flexibility index (Phi) is 5.76. The number of carbonyl (C=O) groups is 1. The Morgan fingerprint density at radius 3 is 2.62 bits per heavy atom. The molecule has 0 atom stereocenters. The van der Waals surface area contributed by atoms with Crippen LogP contribution in [0.25, 0.3) is 21.5 Å². The van der Waals surface area contributed by atoms with E-state index >= 15 is 0 Å². The SMILES string of the molecule is O=C(NC(=S)Nc1nc2c(Cl)cccc2s1)c1ccc(-c2ccc(Cl)c(Cl)c2)o1. The van der Waals surface area contributed by atoms with Crippen molar-refractivity contribution in [2.45, 2.75) is 0 Å². The number of hydrogen-bond acceptors (Lipinski definition) is 5. The molecule has 0 saturated heterocycles. The van der Waals surface area contributed by atoms with Gasteiger partial charge in [-0.1, -0.05) is 52.2 Å². The average molecular weight is 483 g/mol. The van der Waals surface area contributed by atoms with Crippen molar-refractivity contribution in [1.29, 1.82) is 0 Å². The van der Waals surface area contributed by atoms with Gasteiger partial charge in [0, 0.05) is 5.56 Å². The van der Waals surface area contributed by atoms with Crippen molar-refractivity contribution in [1.82, 2.24) is 10.3 Å².